The summed E-state index contributed by atoms with van der Waals surface area (Å²) < 4.78 is 0. The SMILES string of the molecule is [CH2]C(=O)N1CCC(CCc2ccccc2)C1. The molecule has 1 aliphatic heterocycles. The topological polar surface area (TPSA) is 20.3 Å². The number of carbonyl (C=O) groups is 1. The number of hydrogen-bond acceptors (Lipinski definition) is 1. The lowest BCUT2D eigenvalue weighted by atomic mass is 9.99. The molecule has 16 heavy (non-hydrogen) atoms. The van der Waals surface area contributed by atoms with E-state index in [1.807, 2.05) is 11.0 Å². The lowest BCUT2D eigenvalue weighted by Gasteiger charge is -2.13. The smallest absolute Gasteiger partial charge is 0.223 e. The number of hydrogen-bond donors (Lipinski definition) is 0. The van der Waals surface area contributed by atoms with Crippen molar-refractivity contribution in [1.29, 1.82) is 0 Å². The van der Waals surface area contributed by atoms with Crippen LogP contribution < -0.4 is 0 Å². The molecule has 1 atom stereocenters. The Kier molecular flexibility index (Phi) is 3.60. The summed E-state index contributed by atoms with van der Waals surface area (Å²) in [6.45, 7) is 5.25. The van der Waals surface area contributed by atoms with Gasteiger partial charge in [-0.05, 0) is 30.7 Å². The van der Waals surface area contributed by atoms with E-state index in [0.29, 0.717) is 5.92 Å². The van der Waals surface area contributed by atoms with Gasteiger partial charge in [-0.1, -0.05) is 30.3 Å². The van der Waals surface area contributed by atoms with E-state index in [-0.39, 0.29) is 5.91 Å². The molecule has 1 aromatic carbocycles. The van der Waals surface area contributed by atoms with Gasteiger partial charge in [0, 0.05) is 20.0 Å². The van der Waals surface area contributed by atoms with Crippen molar-refractivity contribution in [1.82, 2.24) is 4.90 Å². The number of amides is 1. The van der Waals surface area contributed by atoms with Gasteiger partial charge < -0.3 is 4.90 Å². The average molecular weight is 216 g/mol. The third-order valence-electron chi connectivity index (χ3n) is 3.32. The van der Waals surface area contributed by atoms with E-state index in [2.05, 4.69) is 31.2 Å². The van der Waals surface area contributed by atoms with Gasteiger partial charge in [0.25, 0.3) is 0 Å². The summed E-state index contributed by atoms with van der Waals surface area (Å²) in [5, 5.41) is 0. The molecule has 0 aliphatic carbocycles. The normalized spacial score (nSPS) is 20.1. The fourth-order valence-corrected chi connectivity index (χ4v) is 2.31. The Morgan fingerprint density at radius 3 is 2.75 bits per heavy atom. The van der Waals surface area contributed by atoms with Crippen LogP contribution in [0.3, 0.4) is 0 Å². The van der Waals surface area contributed by atoms with Crippen molar-refractivity contribution in [3.8, 4) is 0 Å². The van der Waals surface area contributed by atoms with E-state index in [4.69, 9.17) is 0 Å². The zero-order valence-corrected chi connectivity index (χ0v) is 9.56. The third kappa shape index (κ3) is 2.84. The molecule has 2 heteroatoms. The van der Waals surface area contributed by atoms with Crippen LogP contribution in [-0.4, -0.2) is 23.9 Å². The zero-order chi connectivity index (χ0) is 11.4. The second-order valence-corrected chi connectivity index (χ2v) is 4.52. The van der Waals surface area contributed by atoms with Crippen LogP contribution in [0.15, 0.2) is 30.3 Å². The molecule has 0 saturated carbocycles. The van der Waals surface area contributed by atoms with Gasteiger partial charge >= 0.3 is 0 Å². The van der Waals surface area contributed by atoms with Gasteiger partial charge in [-0.2, -0.15) is 0 Å². The molecule has 1 fully saturated rings. The molecule has 1 heterocycles. The molecule has 0 bridgehead atoms. The minimum absolute atomic E-state index is 0.0257. The van der Waals surface area contributed by atoms with Crippen molar-refractivity contribution >= 4 is 5.91 Å². The number of rotatable bonds is 3. The number of likely N-dealkylation sites (tertiary alicyclic amines) is 1. The van der Waals surface area contributed by atoms with E-state index < -0.39 is 0 Å². The highest BCUT2D eigenvalue weighted by atomic mass is 16.2. The third-order valence-corrected chi connectivity index (χ3v) is 3.32. The molecule has 0 spiro atoms. The molecule has 1 aromatic rings. The predicted octanol–water partition coefficient (Wildman–Crippen LogP) is 2.30. The largest absolute Gasteiger partial charge is 0.342 e. The monoisotopic (exact) mass is 216 g/mol. The van der Waals surface area contributed by atoms with Crippen molar-refractivity contribution in [3.63, 3.8) is 0 Å². The summed E-state index contributed by atoms with van der Waals surface area (Å²) in [7, 11) is 0. The summed E-state index contributed by atoms with van der Waals surface area (Å²) in [4.78, 5) is 12.9. The summed E-state index contributed by atoms with van der Waals surface area (Å²) in [6, 6.07) is 10.5. The van der Waals surface area contributed by atoms with E-state index in [1.54, 1.807) is 0 Å². The summed E-state index contributed by atoms with van der Waals surface area (Å²) >= 11 is 0. The van der Waals surface area contributed by atoms with Gasteiger partial charge in [0.15, 0.2) is 0 Å². The summed E-state index contributed by atoms with van der Waals surface area (Å²) in [5.41, 5.74) is 1.39. The van der Waals surface area contributed by atoms with Gasteiger partial charge in [0.05, 0.1) is 0 Å². The standard InChI is InChI=1S/C14H18NO/c1-12(16)15-10-9-14(11-15)8-7-13-5-3-2-4-6-13/h2-6,14H,1,7-11H2. The molecule has 2 rings (SSSR count). The van der Waals surface area contributed by atoms with Crippen LogP contribution in [0.25, 0.3) is 0 Å². The van der Waals surface area contributed by atoms with Crippen LogP contribution >= 0.6 is 0 Å². The van der Waals surface area contributed by atoms with Crippen molar-refractivity contribution < 1.29 is 4.79 Å². The Hall–Kier alpha value is -1.31. The summed E-state index contributed by atoms with van der Waals surface area (Å²) in [6.07, 6.45) is 3.42. The molecule has 1 saturated heterocycles. The first-order valence-corrected chi connectivity index (χ1v) is 5.90. The fourth-order valence-electron chi connectivity index (χ4n) is 2.31. The zero-order valence-electron chi connectivity index (χ0n) is 9.56. The van der Waals surface area contributed by atoms with Gasteiger partial charge in [-0.15, -0.1) is 0 Å². The fraction of sp³-hybridized carbons (Fsp3) is 0.429. The predicted molar refractivity (Wildman–Crippen MR) is 64.8 cm³/mol. The van der Waals surface area contributed by atoms with Gasteiger partial charge in [-0.3, -0.25) is 4.79 Å². The Morgan fingerprint density at radius 1 is 1.38 bits per heavy atom. The Bertz CT molecular complexity index is 347. The Balaban J connectivity index is 1.78. The first-order chi connectivity index (χ1) is 7.75. The van der Waals surface area contributed by atoms with Crippen LogP contribution in [-0.2, 0) is 11.2 Å². The maximum atomic E-state index is 11.1. The molecule has 1 radical (unpaired) electrons. The minimum Gasteiger partial charge on any atom is -0.342 e. The highest BCUT2D eigenvalue weighted by Crippen LogP contribution is 2.21. The van der Waals surface area contributed by atoms with E-state index in [0.717, 1.165) is 25.9 Å². The molecule has 85 valence electrons. The second kappa shape index (κ2) is 5.15. The maximum Gasteiger partial charge on any atom is 0.223 e. The number of benzene rings is 1. The Morgan fingerprint density at radius 2 is 2.12 bits per heavy atom. The highest BCUT2D eigenvalue weighted by molar-refractivity contribution is 5.80. The van der Waals surface area contributed by atoms with E-state index >= 15 is 0 Å². The first kappa shape index (κ1) is 11.2. The van der Waals surface area contributed by atoms with Crippen LogP contribution in [0.4, 0.5) is 0 Å². The lowest BCUT2D eigenvalue weighted by Crippen LogP contribution is -2.26. The molecule has 1 unspecified atom stereocenters. The molecule has 0 N–H and O–H groups in total. The second-order valence-electron chi connectivity index (χ2n) is 4.52. The maximum absolute atomic E-state index is 11.1. The molecule has 1 aliphatic rings. The highest BCUT2D eigenvalue weighted by Gasteiger charge is 2.23. The van der Waals surface area contributed by atoms with Crippen molar-refractivity contribution in [2.24, 2.45) is 5.92 Å². The van der Waals surface area contributed by atoms with Gasteiger partial charge in [-0.25, -0.2) is 0 Å². The lowest BCUT2D eigenvalue weighted by molar-refractivity contribution is -0.125. The minimum atomic E-state index is -0.0257. The van der Waals surface area contributed by atoms with E-state index in [1.165, 1.54) is 12.0 Å². The molecule has 1 amide bonds. The van der Waals surface area contributed by atoms with Gasteiger partial charge in [0.1, 0.15) is 0 Å². The number of nitrogens with zero attached hydrogens (tertiary/aromatic N) is 1. The molecular weight excluding hydrogens is 198 g/mol. The van der Waals surface area contributed by atoms with Crippen molar-refractivity contribution in [3.05, 3.63) is 42.8 Å². The molecular formula is C14H18NO. The van der Waals surface area contributed by atoms with Gasteiger partial charge in [0.2, 0.25) is 5.91 Å². The van der Waals surface area contributed by atoms with Crippen LogP contribution in [0.1, 0.15) is 18.4 Å². The number of carbonyl (C=O) groups excluding carboxylic acids is 1. The Labute approximate surface area is 97.3 Å². The van der Waals surface area contributed by atoms with Crippen molar-refractivity contribution in [2.45, 2.75) is 19.3 Å². The average Bonchev–Trinajstić information content (AvgIpc) is 2.76. The van der Waals surface area contributed by atoms with Crippen LogP contribution in [0.5, 0.6) is 0 Å². The first-order valence-electron chi connectivity index (χ1n) is 5.90. The molecule has 2 nitrogen and oxygen atoms in total. The van der Waals surface area contributed by atoms with Crippen LogP contribution in [0.2, 0.25) is 0 Å². The quantitative estimate of drug-likeness (QED) is 0.759. The van der Waals surface area contributed by atoms with Crippen molar-refractivity contribution in [2.75, 3.05) is 13.1 Å². The number of aryl methyl sites for hydroxylation is 1. The van der Waals surface area contributed by atoms with Crippen LogP contribution in [0, 0.1) is 12.8 Å². The van der Waals surface area contributed by atoms with E-state index in [9.17, 15) is 4.79 Å². The molecule has 0 aromatic heterocycles. The summed E-state index contributed by atoms with van der Waals surface area (Å²) in [5.74, 6) is 0.633.